The van der Waals surface area contributed by atoms with Crippen molar-refractivity contribution in [1.29, 1.82) is 0 Å². The van der Waals surface area contributed by atoms with Crippen molar-refractivity contribution in [2.75, 3.05) is 19.7 Å². The van der Waals surface area contributed by atoms with E-state index in [1.807, 2.05) is 27.7 Å². The molecule has 4 heteroatoms. The number of hydrogen-bond acceptors (Lipinski definition) is 3. The largest absolute Gasteiger partial charge is 0.444 e. The molecule has 0 unspecified atom stereocenters. The van der Waals surface area contributed by atoms with E-state index in [9.17, 15) is 4.79 Å². The van der Waals surface area contributed by atoms with Crippen LogP contribution < -0.4 is 0 Å². The number of amides is 1. The summed E-state index contributed by atoms with van der Waals surface area (Å²) in [5, 5.41) is 0. The standard InChI is InChI=1S/C17H25NO3/c1-13-6-8-14(9-7-13)17(5)12-18(10-11-20-17)15(19)21-16(2,3)4/h6-9H,10-12H2,1-5H3/t17-/m1/s1. The van der Waals surface area contributed by atoms with Crippen LogP contribution >= 0.6 is 0 Å². The van der Waals surface area contributed by atoms with Gasteiger partial charge in [-0.15, -0.1) is 0 Å². The molecular formula is C17H25NO3. The monoisotopic (exact) mass is 291 g/mol. The highest BCUT2D eigenvalue weighted by Crippen LogP contribution is 2.30. The minimum Gasteiger partial charge on any atom is -0.444 e. The topological polar surface area (TPSA) is 38.8 Å². The zero-order chi connectivity index (χ0) is 15.7. The molecule has 1 aliphatic heterocycles. The fourth-order valence-corrected chi connectivity index (χ4v) is 2.43. The molecule has 1 aromatic carbocycles. The number of rotatable bonds is 1. The molecule has 0 N–H and O–H groups in total. The van der Waals surface area contributed by atoms with Crippen molar-refractivity contribution in [3.8, 4) is 0 Å². The average molecular weight is 291 g/mol. The van der Waals surface area contributed by atoms with Crippen LogP contribution in [0.15, 0.2) is 24.3 Å². The van der Waals surface area contributed by atoms with Gasteiger partial charge < -0.3 is 14.4 Å². The molecule has 1 aromatic rings. The number of nitrogens with zero attached hydrogens (tertiary/aromatic N) is 1. The lowest BCUT2D eigenvalue weighted by Crippen LogP contribution is -2.51. The van der Waals surface area contributed by atoms with Crippen molar-refractivity contribution in [1.82, 2.24) is 4.90 Å². The van der Waals surface area contributed by atoms with Gasteiger partial charge >= 0.3 is 6.09 Å². The summed E-state index contributed by atoms with van der Waals surface area (Å²) in [5.41, 5.74) is 1.34. The summed E-state index contributed by atoms with van der Waals surface area (Å²) in [4.78, 5) is 14.0. The van der Waals surface area contributed by atoms with Gasteiger partial charge in [-0.25, -0.2) is 4.79 Å². The van der Waals surface area contributed by atoms with E-state index in [1.54, 1.807) is 4.90 Å². The molecule has 0 radical (unpaired) electrons. The van der Waals surface area contributed by atoms with Crippen LogP contribution in [0, 0.1) is 6.92 Å². The Kier molecular flexibility index (Phi) is 4.28. The van der Waals surface area contributed by atoms with Crippen molar-refractivity contribution < 1.29 is 14.3 Å². The highest BCUT2D eigenvalue weighted by Gasteiger charge is 2.37. The number of ether oxygens (including phenoxy) is 2. The highest BCUT2D eigenvalue weighted by molar-refractivity contribution is 5.68. The second kappa shape index (κ2) is 5.68. The maximum absolute atomic E-state index is 12.2. The first-order valence-corrected chi connectivity index (χ1v) is 7.39. The maximum Gasteiger partial charge on any atom is 0.410 e. The zero-order valence-electron chi connectivity index (χ0n) is 13.6. The fraction of sp³-hybridized carbons (Fsp3) is 0.588. The summed E-state index contributed by atoms with van der Waals surface area (Å²) >= 11 is 0. The average Bonchev–Trinajstić information content (AvgIpc) is 2.37. The summed E-state index contributed by atoms with van der Waals surface area (Å²) in [7, 11) is 0. The Balaban J connectivity index is 2.12. The predicted octanol–water partition coefficient (Wildman–Crippen LogP) is 3.48. The fourth-order valence-electron chi connectivity index (χ4n) is 2.43. The number of benzene rings is 1. The SMILES string of the molecule is Cc1ccc([C@@]2(C)CN(C(=O)OC(C)(C)C)CCO2)cc1. The van der Waals surface area contributed by atoms with E-state index >= 15 is 0 Å². The Hall–Kier alpha value is -1.55. The normalized spacial score (nSPS) is 23.0. The van der Waals surface area contributed by atoms with Gasteiger partial charge in [-0.2, -0.15) is 0 Å². The molecule has 116 valence electrons. The van der Waals surface area contributed by atoms with Crippen LogP contribution in [-0.4, -0.2) is 36.3 Å². The summed E-state index contributed by atoms with van der Waals surface area (Å²) in [6.07, 6.45) is -0.274. The van der Waals surface area contributed by atoms with Gasteiger partial charge in [0, 0.05) is 6.54 Å². The van der Waals surface area contributed by atoms with E-state index < -0.39 is 11.2 Å². The number of aryl methyl sites for hydroxylation is 1. The summed E-state index contributed by atoms with van der Waals surface area (Å²) in [6, 6.07) is 8.26. The van der Waals surface area contributed by atoms with Gasteiger partial charge in [0.15, 0.2) is 0 Å². The Labute approximate surface area is 127 Å². The highest BCUT2D eigenvalue weighted by atomic mass is 16.6. The molecule has 1 fully saturated rings. The first-order chi connectivity index (χ1) is 9.70. The van der Waals surface area contributed by atoms with E-state index in [2.05, 4.69) is 31.2 Å². The molecule has 0 saturated carbocycles. The van der Waals surface area contributed by atoms with Crippen LogP contribution in [0.3, 0.4) is 0 Å². The van der Waals surface area contributed by atoms with Crippen molar-refractivity contribution in [3.05, 3.63) is 35.4 Å². The molecule has 0 aromatic heterocycles. The van der Waals surface area contributed by atoms with Crippen LogP contribution in [0.1, 0.15) is 38.8 Å². The molecule has 1 heterocycles. The third-order valence-corrected chi connectivity index (χ3v) is 3.59. The van der Waals surface area contributed by atoms with Crippen LogP contribution in [0.4, 0.5) is 4.79 Å². The Morgan fingerprint density at radius 2 is 1.90 bits per heavy atom. The lowest BCUT2D eigenvalue weighted by atomic mass is 9.93. The van der Waals surface area contributed by atoms with Crippen molar-refractivity contribution >= 4 is 6.09 Å². The second-order valence-electron chi connectivity index (χ2n) is 6.85. The van der Waals surface area contributed by atoms with Gasteiger partial charge in [-0.05, 0) is 40.2 Å². The maximum atomic E-state index is 12.2. The minimum atomic E-state index is -0.483. The second-order valence-corrected chi connectivity index (χ2v) is 6.85. The van der Waals surface area contributed by atoms with Crippen molar-refractivity contribution in [2.24, 2.45) is 0 Å². The van der Waals surface area contributed by atoms with Crippen molar-refractivity contribution in [2.45, 2.75) is 45.8 Å². The summed E-state index contributed by atoms with van der Waals surface area (Å²) in [5.74, 6) is 0. The smallest absolute Gasteiger partial charge is 0.410 e. The molecule has 1 saturated heterocycles. The summed E-state index contributed by atoms with van der Waals surface area (Å²) < 4.78 is 11.4. The summed E-state index contributed by atoms with van der Waals surface area (Å²) in [6.45, 7) is 11.3. The van der Waals surface area contributed by atoms with Gasteiger partial charge in [0.1, 0.15) is 11.2 Å². The zero-order valence-corrected chi connectivity index (χ0v) is 13.6. The van der Waals surface area contributed by atoms with Crippen LogP contribution in [0.25, 0.3) is 0 Å². The molecule has 1 atom stereocenters. The van der Waals surface area contributed by atoms with E-state index in [-0.39, 0.29) is 6.09 Å². The first kappa shape index (κ1) is 15.8. The van der Waals surface area contributed by atoms with Gasteiger partial charge in [-0.1, -0.05) is 29.8 Å². The van der Waals surface area contributed by atoms with E-state index in [0.29, 0.717) is 19.7 Å². The van der Waals surface area contributed by atoms with E-state index in [1.165, 1.54) is 5.56 Å². The lowest BCUT2D eigenvalue weighted by molar-refractivity contribution is -0.103. The molecule has 2 rings (SSSR count). The minimum absolute atomic E-state index is 0.274. The van der Waals surface area contributed by atoms with Gasteiger partial charge in [0.05, 0.1) is 13.2 Å². The number of carbonyl (C=O) groups is 1. The Bertz CT molecular complexity index is 504. The number of morpholine rings is 1. The number of hydrogen-bond donors (Lipinski definition) is 0. The molecular weight excluding hydrogens is 266 g/mol. The lowest BCUT2D eigenvalue weighted by Gasteiger charge is -2.41. The van der Waals surface area contributed by atoms with Crippen LogP contribution in [0.5, 0.6) is 0 Å². The Morgan fingerprint density at radius 3 is 2.48 bits per heavy atom. The van der Waals surface area contributed by atoms with Crippen molar-refractivity contribution in [3.63, 3.8) is 0 Å². The molecule has 4 nitrogen and oxygen atoms in total. The predicted molar refractivity (Wildman–Crippen MR) is 82.3 cm³/mol. The molecule has 1 aliphatic rings. The third kappa shape index (κ3) is 3.97. The quantitative estimate of drug-likeness (QED) is 0.795. The Morgan fingerprint density at radius 1 is 1.29 bits per heavy atom. The molecule has 1 amide bonds. The third-order valence-electron chi connectivity index (χ3n) is 3.59. The molecule has 0 bridgehead atoms. The van der Waals surface area contributed by atoms with Gasteiger partial charge in [0.2, 0.25) is 0 Å². The molecule has 21 heavy (non-hydrogen) atoms. The van der Waals surface area contributed by atoms with E-state index in [0.717, 1.165) is 5.56 Å². The van der Waals surface area contributed by atoms with Crippen LogP contribution in [0.2, 0.25) is 0 Å². The molecule has 0 aliphatic carbocycles. The number of carbonyl (C=O) groups excluding carboxylic acids is 1. The molecule has 0 spiro atoms. The van der Waals surface area contributed by atoms with E-state index in [4.69, 9.17) is 9.47 Å². The first-order valence-electron chi connectivity index (χ1n) is 7.39. The van der Waals surface area contributed by atoms with Gasteiger partial charge in [-0.3, -0.25) is 0 Å². The van der Waals surface area contributed by atoms with Crippen LogP contribution in [-0.2, 0) is 15.1 Å². The van der Waals surface area contributed by atoms with Gasteiger partial charge in [0.25, 0.3) is 0 Å².